The largest absolute Gasteiger partial charge is 0.493 e. The van der Waals surface area contributed by atoms with Crippen LogP contribution in [0.2, 0.25) is 0 Å². The quantitative estimate of drug-likeness (QED) is 0.391. The second-order valence-electron chi connectivity index (χ2n) is 10.8. The third-order valence-corrected chi connectivity index (χ3v) is 6.92. The van der Waals surface area contributed by atoms with E-state index in [0.29, 0.717) is 43.4 Å². The topological polar surface area (TPSA) is 133 Å². The van der Waals surface area contributed by atoms with Gasteiger partial charge in [-0.25, -0.2) is 9.79 Å². The summed E-state index contributed by atoms with van der Waals surface area (Å²) in [6.45, 7) is 8.08. The van der Waals surface area contributed by atoms with Crippen molar-refractivity contribution in [2.45, 2.75) is 45.8 Å². The van der Waals surface area contributed by atoms with Crippen molar-refractivity contribution in [2.75, 3.05) is 45.2 Å². The van der Waals surface area contributed by atoms with Crippen LogP contribution >= 0.6 is 0 Å². The first kappa shape index (κ1) is 30.7. The number of anilines is 1. The van der Waals surface area contributed by atoms with Gasteiger partial charge >= 0.3 is 12.0 Å². The van der Waals surface area contributed by atoms with Crippen molar-refractivity contribution in [2.24, 2.45) is 10.9 Å². The Kier molecular flexibility index (Phi) is 10.3. The molecule has 2 aliphatic rings. The number of carboxylic acid groups (broad SMARTS) is 1. The molecule has 2 heterocycles. The van der Waals surface area contributed by atoms with Crippen LogP contribution in [0, 0.1) is 5.92 Å². The Balaban J connectivity index is 1.51. The average Bonchev–Trinajstić information content (AvgIpc) is 2.95. The van der Waals surface area contributed by atoms with E-state index in [1.807, 2.05) is 56.5 Å². The van der Waals surface area contributed by atoms with E-state index in [9.17, 15) is 14.7 Å². The summed E-state index contributed by atoms with van der Waals surface area (Å²) in [7, 11) is 1.53. The zero-order valence-corrected chi connectivity index (χ0v) is 24.6. The Morgan fingerprint density at radius 3 is 2.45 bits per heavy atom. The number of rotatable bonds is 10. The van der Waals surface area contributed by atoms with Gasteiger partial charge in [0.15, 0.2) is 11.5 Å². The van der Waals surface area contributed by atoms with Crippen LogP contribution in [-0.2, 0) is 4.79 Å². The van der Waals surface area contributed by atoms with E-state index in [4.69, 9.17) is 24.3 Å². The lowest BCUT2D eigenvalue weighted by Gasteiger charge is -2.36. The number of hydrogen-bond acceptors (Lipinski definition) is 8. The fraction of sp³-hybridized carbons (Fsp3) is 0.452. The Hall–Kier alpha value is -4.25. The molecule has 226 valence electrons. The van der Waals surface area contributed by atoms with Crippen molar-refractivity contribution in [3.05, 3.63) is 46.8 Å². The van der Waals surface area contributed by atoms with Crippen molar-refractivity contribution >= 4 is 35.8 Å². The zero-order chi connectivity index (χ0) is 30.2. The van der Waals surface area contributed by atoms with Gasteiger partial charge in [0, 0.05) is 43.3 Å². The van der Waals surface area contributed by atoms with Gasteiger partial charge in [-0.2, -0.15) is 0 Å². The van der Waals surface area contributed by atoms with Crippen molar-refractivity contribution in [3.8, 4) is 17.2 Å². The highest BCUT2D eigenvalue weighted by atomic mass is 16.5. The number of nitrogens with zero attached hydrogens (tertiary/aromatic N) is 3. The number of carbonyl (C=O) groups excluding carboxylic acids is 1. The van der Waals surface area contributed by atoms with Gasteiger partial charge in [-0.3, -0.25) is 4.79 Å². The van der Waals surface area contributed by atoms with Gasteiger partial charge in [0.2, 0.25) is 0 Å². The number of urea groups is 1. The van der Waals surface area contributed by atoms with Gasteiger partial charge in [0.1, 0.15) is 18.2 Å². The molecule has 2 atom stereocenters. The zero-order valence-electron chi connectivity index (χ0n) is 24.6. The van der Waals surface area contributed by atoms with Crippen LogP contribution in [0.1, 0.15) is 33.6 Å². The van der Waals surface area contributed by atoms with Gasteiger partial charge in [-0.05, 0) is 67.8 Å². The van der Waals surface area contributed by atoms with Crippen LogP contribution in [-0.4, -0.2) is 90.3 Å². The van der Waals surface area contributed by atoms with Gasteiger partial charge < -0.3 is 39.5 Å². The van der Waals surface area contributed by atoms with Crippen molar-refractivity contribution in [1.29, 1.82) is 0 Å². The standard InChI is InChI=1S/C31H40N4O7/c1-20(2)42-25-9-7-23(8-10-25)33-31(39)35-13-11-34(12-14-35)30-26-17-27(40-4)28(41-19-24(36)16-29(37)38)15-22(26)6-5-21(3)18-32-30/h6-10,15,17-18,20-21,24,36H,5,11-14,16,19H2,1-4H3,(H,33,39)(H,37,38)/b22-6+,30-26+,32-18-. The molecule has 2 aromatic carbocycles. The highest BCUT2D eigenvalue weighted by molar-refractivity contribution is 5.89. The van der Waals surface area contributed by atoms with Crippen molar-refractivity contribution < 1.29 is 34.0 Å². The number of aliphatic carboxylic acids is 1. The molecule has 2 unspecified atom stereocenters. The Morgan fingerprint density at radius 1 is 1.10 bits per heavy atom. The molecule has 2 aliphatic heterocycles. The number of aliphatic hydroxyl groups excluding tert-OH is 1. The molecule has 11 nitrogen and oxygen atoms in total. The van der Waals surface area contributed by atoms with Gasteiger partial charge in [0.05, 0.1) is 25.7 Å². The lowest BCUT2D eigenvalue weighted by molar-refractivity contribution is -0.139. The minimum atomic E-state index is -1.14. The van der Waals surface area contributed by atoms with Crippen molar-refractivity contribution in [3.63, 3.8) is 0 Å². The summed E-state index contributed by atoms with van der Waals surface area (Å²) in [5.74, 6) is 1.52. The molecule has 11 heteroatoms. The Labute approximate surface area is 245 Å². The molecule has 1 fully saturated rings. The van der Waals surface area contributed by atoms with E-state index in [1.165, 1.54) is 7.11 Å². The minimum Gasteiger partial charge on any atom is -0.493 e. The second kappa shape index (κ2) is 14.1. The molecular formula is C31H40N4O7. The normalized spacial score (nSPS) is 20.3. The van der Waals surface area contributed by atoms with Crippen LogP contribution in [0.5, 0.6) is 17.2 Å². The number of aliphatic hydroxyl groups is 1. The molecule has 0 saturated carbocycles. The summed E-state index contributed by atoms with van der Waals surface area (Å²) >= 11 is 0. The van der Waals surface area contributed by atoms with Gasteiger partial charge in [-0.15, -0.1) is 0 Å². The Morgan fingerprint density at radius 2 is 1.81 bits per heavy atom. The van der Waals surface area contributed by atoms with Crippen LogP contribution in [0.4, 0.5) is 10.5 Å². The number of ether oxygens (including phenoxy) is 3. The molecule has 3 N–H and O–H groups in total. The summed E-state index contributed by atoms with van der Waals surface area (Å²) in [4.78, 5) is 32.7. The number of aliphatic imine (C=N–C) groups is 1. The fourth-order valence-electron chi connectivity index (χ4n) is 4.76. The van der Waals surface area contributed by atoms with Gasteiger partial charge in [-0.1, -0.05) is 13.0 Å². The van der Waals surface area contributed by atoms with Crippen LogP contribution in [0.15, 0.2) is 41.4 Å². The fourth-order valence-corrected chi connectivity index (χ4v) is 4.76. The molecule has 2 amide bonds. The molecule has 42 heavy (non-hydrogen) atoms. The van der Waals surface area contributed by atoms with Crippen LogP contribution in [0.3, 0.4) is 0 Å². The summed E-state index contributed by atoms with van der Waals surface area (Å²) in [6.07, 6.45) is 3.36. The molecular weight excluding hydrogens is 540 g/mol. The first-order chi connectivity index (χ1) is 20.1. The maximum atomic E-state index is 13.0. The molecule has 0 aromatic heterocycles. The third kappa shape index (κ3) is 8.16. The first-order valence-corrected chi connectivity index (χ1v) is 14.2. The minimum absolute atomic E-state index is 0.0794. The first-order valence-electron chi connectivity index (χ1n) is 14.2. The van der Waals surface area contributed by atoms with E-state index in [1.54, 1.807) is 4.90 Å². The van der Waals surface area contributed by atoms with E-state index >= 15 is 0 Å². The van der Waals surface area contributed by atoms with Gasteiger partial charge in [0.25, 0.3) is 0 Å². The molecule has 4 rings (SSSR count). The second-order valence-corrected chi connectivity index (χ2v) is 10.8. The van der Waals surface area contributed by atoms with E-state index < -0.39 is 18.5 Å². The van der Waals surface area contributed by atoms with Crippen LogP contribution < -0.4 is 30.0 Å². The van der Waals surface area contributed by atoms with E-state index in [-0.39, 0.29) is 24.7 Å². The van der Waals surface area contributed by atoms with Crippen molar-refractivity contribution in [1.82, 2.24) is 9.80 Å². The SMILES string of the molecule is COc1cc2/c(cc1OCC(O)CC(=O)O)=C/CC(C)/C=N\C=2N1CCN(C(=O)Nc2ccc(OC(C)C)cc2)CC1. The number of piperazine rings is 1. The molecule has 0 radical (unpaired) electrons. The number of amides is 2. The smallest absolute Gasteiger partial charge is 0.321 e. The number of hydrogen-bond donors (Lipinski definition) is 3. The number of methoxy groups -OCH3 is 1. The summed E-state index contributed by atoms with van der Waals surface area (Å²) in [5.41, 5.74) is 0.705. The number of carboxylic acids is 1. The Bertz CT molecular complexity index is 1400. The molecule has 2 aromatic rings. The lowest BCUT2D eigenvalue weighted by atomic mass is 10.1. The summed E-state index contributed by atoms with van der Waals surface area (Å²) < 4.78 is 17.0. The number of benzene rings is 2. The molecule has 0 spiro atoms. The maximum absolute atomic E-state index is 13.0. The van der Waals surface area contributed by atoms with E-state index in [2.05, 4.69) is 23.2 Å². The highest BCUT2D eigenvalue weighted by Crippen LogP contribution is 2.25. The molecule has 0 aliphatic carbocycles. The maximum Gasteiger partial charge on any atom is 0.321 e. The molecule has 0 bridgehead atoms. The van der Waals surface area contributed by atoms with Crippen LogP contribution in [0.25, 0.3) is 11.9 Å². The number of fused-ring (bicyclic) bond motifs is 1. The summed E-state index contributed by atoms with van der Waals surface area (Å²) in [5, 5.41) is 23.6. The van der Waals surface area contributed by atoms with E-state index in [0.717, 1.165) is 28.4 Å². The molecule has 1 saturated heterocycles. The predicted octanol–water partition coefficient (Wildman–Crippen LogP) is 2.50. The number of carbonyl (C=O) groups is 2. The average molecular weight is 581 g/mol. The summed E-state index contributed by atoms with van der Waals surface area (Å²) in [6, 6.07) is 10.9. The lowest BCUT2D eigenvalue weighted by Crippen LogP contribution is -2.50. The monoisotopic (exact) mass is 580 g/mol. The third-order valence-electron chi connectivity index (χ3n) is 6.92. The highest BCUT2D eigenvalue weighted by Gasteiger charge is 2.24. The number of nitrogens with one attached hydrogen (secondary N) is 1. The predicted molar refractivity (Wildman–Crippen MR) is 161 cm³/mol.